The first-order valence-electron chi connectivity index (χ1n) is 10.6. The molecule has 1 aromatic rings. The van der Waals surface area contributed by atoms with Gasteiger partial charge in [-0.15, -0.1) is 0 Å². The monoisotopic (exact) mass is 442 g/mol. The number of amides is 2. The number of benzene rings is 1. The molecule has 2 amide bonds. The lowest BCUT2D eigenvalue weighted by atomic mass is 10.2. The van der Waals surface area contributed by atoms with Crippen molar-refractivity contribution in [2.24, 2.45) is 4.99 Å². The van der Waals surface area contributed by atoms with Gasteiger partial charge in [0, 0.05) is 44.5 Å². The van der Waals surface area contributed by atoms with Crippen molar-refractivity contribution in [1.29, 1.82) is 0 Å². The number of hydrogen-bond donors (Lipinski definition) is 3. The molecule has 7 nitrogen and oxygen atoms in total. The second kappa shape index (κ2) is 11.2. The van der Waals surface area contributed by atoms with Crippen LogP contribution in [0, 0.1) is 0 Å². The van der Waals surface area contributed by atoms with Crippen LogP contribution in [0.4, 0.5) is 23.7 Å². The van der Waals surface area contributed by atoms with Crippen molar-refractivity contribution in [3.63, 3.8) is 0 Å². The summed E-state index contributed by atoms with van der Waals surface area (Å²) in [6.07, 6.45) is -4.21. The topological polar surface area (TPSA) is 72.0 Å². The summed E-state index contributed by atoms with van der Waals surface area (Å²) in [5.41, 5.74) is 1.65. The molecule has 1 saturated heterocycles. The molecule has 0 aromatic heterocycles. The van der Waals surface area contributed by atoms with Gasteiger partial charge in [0.25, 0.3) is 0 Å². The van der Waals surface area contributed by atoms with Crippen LogP contribution in [0.3, 0.4) is 0 Å². The number of alkyl halides is 3. The van der Waals surface area contributed by atoms with E-state index in [2.05, 4.69) is 20.9 Å². The van der Waals surface area contributed by atoms with Gasteiger partial charge in [-0.3, -0.25) is 4.90 Å². The number of rotatable bonds is 6. The van der Waals surface area contributed by atoms with E-state index < -0.39 is 12.2 Å². The minimum absolute atomic E-state index is 0.0524. The number of aliphatic imine (C=N–C) groups is 1. The first kappa shape index (κ1) is 24.8. The zero-order chi connectivity index (χ0) is 23.0. The maximum atomic E-state index is 13.0. The quantitative estimate of drug-likeness (QED) is 0.467. The Morgan fingerprint density at radius 1 is 1.10 bits per heavy atom. The minimum Gasteiger partial charge on any atom is -0.357 e. The summed E-state index contributed by atoms with van der Waals surface area (Å²) in [6.45, 7) is 9.69. The van der Waals surface area contributed by atoms with Crippen molar-refractivity contribution in [2.45, 2.75) is 52.5 Å². The number of halogens is 3. The van der Waals surface area contributed by atoms with E-state index in [1.54, 1.807) is 0 Å². The van der Waals surface area contributed by atoms with Crippen molar-refractivity contribution in [1.82, 2.24) is 20.4 Å². The van der Waals surface area contributed by atoms with E-state index in [4.69, 9.17) is 0 Å². The zero-order valence-electron chi connectivity index (χ0n) is 18.6. The second-order valence-corrected chi connectivity index (χ2v) is 7.86. The van der Waals surface area contributed by atoms with E-state index in [-0.39, 0.29) is 12.1 Å². The molecule has 1 aliphatic rings. The molecule has 0 aliphatic carbocycles. The van der Waals surface area contributed by atoms with Gasteiger partial charge in [-0.05, 0) is 45.4 Å². The predicted octanol–water partition coefficient (Wildman–Crippen LogP) is 3.25. The van der Waals surface area contributed by atoms with Crippen molar-refractivity contribution in [3.05, 3.63) is 29.8 Å². The maximum Gasteiger partial charge on any atom is 0.403 e. The Morgan fingerprint density at radius 3 is 2.23 bits per heavy atom. The smallest absolute Gasteiger partial charge is 0.357 e. The van der Waals surface area contributed by atoms with Gasteiger partial charge in [0.05, 0.1) is 6.54 Å². The molecule has 31 heavy (non-hydrogen) atoms. The van der Waals surface area contributed by atoms with Crippen molar-refractivity contribution < 1.29 is 18.0 Å². The van der Waals surface area contributed by atoms with Crippen LogP contribution >= 0.6 is 0 Å². The fourth-order valence-electron chi connectivity index (χ4n) is 3.24. The summed E-state index contributed by atoms with van der Waals surface area (Å²) in [5.74, 6) is 0.695. The Labute approximate surface area is 182 Å². The summed E-state index contributed by atoms with van der Waals surface area (Å²) < 4.78 is 38.9. The van der Waals surface area contributed by atoms with E-state index in [0.717, 1.165) is 5.56 Å². The molecule has 1 fully saturated rings. The number of carbonyl (C=O) groups is 1. The van der Waals surface area contributed by atoms with Crippen LogP contribution in [0.25, 0.3) is 0 Å². The number of anilines is 1. The van der Waals surface area contributed by atoms with Gasteiger partial charge in [-0.25, -0.2) is 9.79 Å². The van der Waals surface area contributed by atoms with Crippen LogP contribution in [0.15, 0.2) is 29.3 Å². The van der Waals surface area contributed by atoms with Crippen molar-refractivity contribution >= 4 is 17.7 Å². The van der Waals surface area contributed by atoms with Gasteiger partial charge < -0.3 is 20.9 Å². The Morgan fingerprint density at radius 2 is 1.71 bits per heavy atom. The fourth-order valence-corrected chi connectivity index (χ4v) is 3.24. The number of guanidine groups is 1. The number of urea groups is 1. The van der Waals surface area contributed by atoms with E-state index in [9.17, 15) is 18.0 Å². The molecule has 0 spiro atoms. The summed E-state index contributed by atoms with van der Waals surface area (Å²) in [7, 11) is 0. The molecule has 3 N–H and O–H groups in total. The number of nitrogens with zero attached hydrogens (tertiary/aromatic N) is 3. The number of nitrogens with one attached hydrogen (secondary N) is 3. The van der Waals surface area contributed by atoms with Gasteiger partial charge in [0.1, 0.15) is 6.04 Å². The lowest BCUT2D eigenvalue weighted by Crippen LogP contribution is -2.56. The number of carbonyl (C=O) groups excluding carboxylic acids is 1. The standard InChI is InChI=1S/C21H33F3N6O/c1-5-25-19(30-12-10-29(11-13-30)16(4)21(22,23)24)26-14-17-6-8-18(9-7-17)28-20(31)27-15(2)3/h6-9,15-16H,5,10-14H2,1-4H3,(H,25,26)(H2,27,28,31). The highest BCUT2D eigenvalue weighted by Gasteiger charge is 2.41. The molecular formula is C21H33F3N6O. The number of piperazine rings is 1. The molecule has 1 aromatic carbocycles. The Kier molecular flexibility index (Phi) is 8.97. The average molecular weight is 443 g/mol. The Bertz CT molecular complexity index is 728. The fraction of sp³-hybridized carbons (Fsp3) is 0.619. The molecule has 1 heterocycles. The Hall–Kier alpha value is -2.49. The van der Waals surface area contributed by atoms with Crippen LogP contribution < -0.4 is 16.0 Å². The summed E-state index contributed by atoms with van der Waals surface area (Å²) in [6, 6.07) is 5.76. The van der Waals surface area contributed by atoms with Gasteiger partial charge in [-0.1, -0.05) is 12.1 Å². The van der Waals surface area contributed by atoms with Crippen LogP contribution in [0.2, 0.25) is 0 Å². The Balaban J connectivity index is 1.93. The summed E-state index contributed by atoms with van der Waals surface area (Å²) in [4.78, 5) is 19.9. The molecule has 0 saturated carbocycles. The third-order valence-electron chi connectivity index (χ3n) is 5.01. The normalized spacial score (nSPS) is 16.9. The van der Waals surface area contributed by atoms with Gasteiger partial charge in [0.2, 0.25) is 0 Å². The summed E-state index contributed by atoms with van der Waals surface area (Å²) in [5, 5.41) is 8.76. The molecule has 1 atom stereocenters. The third kappa shape index (κ3) is 7.93. The number of hydrogen-bond acceptors (Lipinski definition) is 3. The highest BCUT2D eigenvalue weighted by molar-refractivity contribution is 5.89. The van der Waals surface area contributed by atoms with Crippen LogP contribution in [0.1, 0.15) is 33.3 Å². The third-order valence-corrected chi connectivity index (χ3v) is 5.01. The zero-order valence-corrected chi connectivity index (χ0v) is 18.6. The lowest BCUT2D eigenvalue weighted by molar-refractivity contribution is -0.181. The van der Waals surface area contributed by atoms with Gasteiger partial charge in [0.15, 0.2) is 5.96 Å². The predicted molar refractivity (Wildman–Crippen MR) is 117 cm³/mol. The lowest BCUT2D eigenvalue weighted by Gasteiger charge is -2.39. The second-order valence-electron chi connectivity index (χ2n) is 7.86. The molecule has 2 rings (SSSR count). The van der Waals surface area contributed by atoms with Crippen molar-refractivity contribution in [3.8, 4) is 0 Å². The molecule has 0 bridgehead atoms. The van der Waals surface area contributed by atoms with Crippen molar-refractivity contribution in [2.75, 3.05) is 38.0 Å². The molecule has 10 heteroatoms. The maximum absolute atomic E-state index is 13.0. The van der Waals surface area contributed by atoms with Crippen LogP contribution in [0.5, 0.6) is 0 Å². The molecule has 0 radical (unpaired) electrons. The van der Waals surface area contributed by atoms with E-state index in [0.29, 0.717) is 50.9 Å². The molecule has 174 valence electrons. The highest BCUT2D eigenvalue weighted by atomic mass is 19.4. The highest BCUT2D eigenvalue weighted by Crippen LogP contribution is 2.25. The molecule has 1 unspecified atom stereocenters. The average Bonchev–Trinajstić information content (AvgIpc) is 2.70. The largest absolute Gasteiger partial charge is 0.403 e. The SMILES string of the molecule is CCNC(=NCc1ccc(NC(=O)NC(C)C)cc1)N1CCN(C(C)C(F)(F)F)CC1. The first-order chi connectivity index (χ1) is 14.6. The van der Waals surface area contributed by atoms with Gasteiger partial charge >= 0.3 is 12.2 Å². The van der Waals surface area contributed by atoms with E-state index in [1.165, 1.54) is 11.8 Å². The summed E-state index contributed by atoms with van der Waals surface area (Å²) >= 11 is 0. The van der Waals surface area contributed by atoms with Gasteiger partial charge in [-0.2, -0.15) is 13.2 Å². The minimum atomic E-state index is -4.21. The van der Waals surface area contributed by atoms with Crippen LogP contribution in [-0.4, -0.2) is 72.8 Å². The van der Waals surface area contributed by atoms with E-state index in [1.807, 2.05) is 49.9 Å². The van der Waals surface area contributed by atoms with E-state index >= 15 is 0 Å². The van der Waals surface area contributed by atoms with Crippen LogP contribution in [-0.2, 0) is 6.54 Å². The molecule has 1 aliphatic heterocycles. The molecular weight excluding hydrogens is 409 g/mol. The first-order valence-corrected chi connectivity index (χ1v) is 10.6.